The molecule has 0 saturated heterocycles. The van der Waals surface area contributed by atoms with Gasteiger partial charge in [-0.2, -0.15) is 0 Å². The van der Waals surface area contributed by atoms with Crippen molar-refractivity contribution in [3.8, 4) is 12.3 Å². The lowest BCUT2D eigenvalue weighted by Crippen LogP contribution is -2.51. The molecule has 9 heteroatoms. The molecule has 0 aliphatic heterocycles. The molecule has 7 nitrogen and oxygen atoms in total. The number of terminal acetylenes is 1. The van der Waals surface area contributed by atoms with Crippen LogP contribution in [0.1, 0.15) is 65.0 Å². The van der Waals surface area contributed by atoms with Crippen LogP contribution in [0, 0.1) is 30.9 Å². The van der Waals surface area contributed by atoms with Crippen molar-refractivity contribution in [2.45, 2.75) is 64.7 Å². The maximum Gasteiger partial charge on any atom is 0.253 e. The first kappa shape index (κ1) is 31.9. The van der Waals surface area contributed by atoms with Gasteiger partial charge in [0.05, 0.1) is 19.3 Å². The van der Waals surface area contributed by atoms with E-state index in [4.69, 9.17) is 11.2 Å². The van der Waals surface area contributed by atoms with Crippen LogP contribution in [-0.4, -0.2) is 71.5 Å². The predicted molar refractivity (Wildman–Crippen MR) is 145 cm³/mol. The third-order valence-electron chi connectivity index (χ3n) is 6.04. The van der Waals surface area contributed by atoms with Crippen molar-refractivity contribution in [1.29, 1.82) is 0 Å². The number of halogens is 2. The number of hydrogen-bond donors (Lipinski definition) is 3. The number of hydrogen-bond acceptors (Lipinski definition) is 5. The Bertz CT molecular complexity index is 1120. The summed E-state index contributed by atoms with van der Waals surface area (Å²) in [6.07, 6.45) is 3.94. The van der Waals surface area contributed by atoms with Gasteiger partial charge >= 0.3 is 0 Å². The van der Waals surface area contributed by atoms with Crippen LogP contribution >= 0.6 is 0 Å². The highest BCUT2D eigenvalue weighted by atomic mass is 19.1. The molecule has 2 aromatic rings. The number of aliphatic hydroxyl groups is 2. The summed E-state index contributed by atoms with van der Waals surface area (Å²) in [6.45, 7) is 6.80. The fourth-order valence-electron chi connectivity index (χ4n) is 4.27. The first-order chi connectivity index (χ1) is 18.6. The Morgan fingerprint density at radius 2 is 1.64 bits per heavy atom. The molecule has 3 atom stereocenters. The molecule has 0 aliphatic carbocycles. The molecule has 2 rings (SSSR count). The number of aryl methyl sites for hydroxylation is 1. The van der Waals surface area contributed by atoms with Crippen molar-refractivity contribution >= 4 is 11.8 Å². The molecule has 0 fully saturated rings. The highest BCUT2D eigenvalue weighted by Crippen LogP contribution is 2.17. The van der Waals surface area contributed by atoms with E-state index in [0.29, 0.717) is 36.7 Å². The first-order valence-electron chi connectivity index (χ1n) is 13.1. The van der Waals surface area contributed by atoms with Gasteiger partial charge in [-0.1, -0.05) is 13.8 Å². The Kier molecular flexibility index (Phi) is 13.0. The SMILES string of the molecule is C#CCCOC[C@@H](O)[C@H](O)[C@H](Cc1cc(F)cc(F)c1)NC(=O)c1cc(C)cc(C(=O)N(CCC)CCC)c1. The summed E-state index contributed by atoms with van der Waals surface area (Å²) < 4.78 is 32.9. The first-order valence-corrected chi connectivity index (χ1v) is 13.1. The number of amides is 2. The highest BCUT2D eigenvalue weighted by Gasteiger charge is 2.29. The molecule has 0 saturated carbocycles. The van der Waals surface area contributed by atoms with Crippen LogP contribution in [0.5, 0.6) is 0 Å². The number of ether oxygens (including phenoxy) is 1. The monoisotopic (exact) mass is 544 g/mol. The molecule has 212 valence electrons. The molecular weight excluding hydrogens is 506 g/mol. The molecule has 3 N–H and O–H groups in total. The number of nitrogens with one attached hydrogen (secondary N) is 1. The lowest BCUT2D eigenvalue weighted by Gasteiger charge is -2.28. The topological polar surface area (TPSA) is 99.1 Å². The van der Waals surface area contributed by atoms with Crippen LogP contribution in [0.4, 0.5) is 8.78 Å². The van der Waals surface area contributed by atoms with Gasteiger partial charge in [0.1, 0.15) is 23.8 Å². The summed E-state index contributed by atoms with van der Waals surface area (Å²) in [5.74, 6) is -0.0397. The normalized spacial score (nSPS) is 13.3. The summed E-state index contributed by atoms with van der Waals surface area (Å²) in [7, 11) is 0. The van der Waals surface area contributed by atoms with E-state index in [2.05, 4.69) is 11.2 Å². The Morgan fingerprint density at radius 1 is 1.03 bits per heavy atom. The molecular formula is C30H38F2N2O5. The van der Waals surface area contributed by atoms with Gasteiger partial charge in [0.2, 0.25) is 0 Å². The standard InChI is InChI=1S/C30H38F2N2O5/c1-5-8-11-39-19-27(35)28(36)26(16-21-14-24(31)18-25(32)15-21)33-29(37)22-12-20(4)13-23(17-22)30(38)34(9-6-2)10-7-3/h1,12-15,17-18,26-28,35-36H,6-11,16,19H2,2-4H3,(H,33,37)/t26-,27+,28+/m0/s1. The third kappa shape index (κ3) is 10.1. The average molecular weight is 545 g/mol. The Labute approximate surface area is 229 Å². The van der Waals surface area contributed by atoms with Crippen molar-refractivity contribution in [3.05, 3.63) is 70.3 Å². The molecule has 2 amide bonds. The van der Waals surface area contributed by atoms with Gasteiger partial charge in [0.15, 0.2) is 0 Å². The summed E-state index contributed by atoms with van der Waals surface area (Å²) in [5, 5.41) is 24.1. The van der Waals surface area contributed by atoms with Crippen molar-refractivity contribution in [2.75, 3.05) is 26.3 Å². The molecule has 0 bridgehead atoms. The van der Waals surface area contributed by atoms with Gasteiger partial charge in [0.25, 0.3) is 11.8 Å². The number of aliphatic hydroxyl groups excluding tert-OH is 2. The summed E-state index contributed by atoms with van der Waals surface area (Å²) in [6, 6.07) is 6.54. The molecule has 0 aliphatic rings. The van der Waals surface area contributed by atoms with Gasteiger partial charge in [0, 0.05) is 36.7 Å². The van der Waals surface area contributed by atoms with Crippen LogP contribution < -0.4 is 5.32 Å². The minimum absolute atomic E-state index is 0.166. The summed E-state index contributed by atoms with van der Waals surface area (Å²) >= 11 is 0. The van der Waals surface area contributed by atoms with Gasteiger partial charge in [-0.15, -0.1) is 12.3 Å². The van der Waals surface area contributed by atoms with Crippen LogP contribution in [0.15, 0.2) is 36.4 Å². The van der Waals surface area contributed by atoms with Crippen LogP contribution in [0.25, 0.3) is 0 Å². The van der Waals surface area contributed by atoms with Gasteiger partial charge in [-0.25, -0.2) is 8.78 Å². The minimum Gasteiger partial charge on any atom is -0.388 e. The number of carbonyl (C=O) groups excluding carboxylic acids is 2. The molecule has 39 heavy (non-hydrogen) atoms. The van der Waals surface area contributed by atoms with Gasteiger partial charge in [-0.05, 0) is 67.6 Å². The Balaban J connectivity index is 2.32. The number of benzene rings is 2. The van der Waals surface area contributed by atoms with Crippen molar-refractivity contribution in [2.24, 2.45) is 0 Å². The maximum absolute atomic E-state index is 13.8. The zero-order valence-corrected chi connectivity index (χ0v) is 22.8. The predicted octanol–water partition coefficient (Wildman–Crippen LogP) is 3.64. The van der Waals surface area contributed by atoms with Crippen molar-refractivity contribution in [1.82, 2.24) is 10.2 Å². The molecule has 0 spiro atoms. The van der Waals surface area contributed by atoms with E-state index in [0.717, 1.165) is 25.0 Å². The Hall–Kier alpha value is -3.32. The van der Waals surface area contributed by atoms with E-state index in [9.17, 15) is 28.6 Å². The molecule has 0 heterocycles. The largest absolute Gasteiger partial charge is 0.388 e. The fraction of sp³-hybridized carbons (Fsp3) is 0.467. The highest BCUT2D eigenvalue weighted by molar-refractivity contribution is 6.00. The summed E-state index contributed by atoms with van der Waals surface area (Å²) in [4.78, 5) is 28.2. The van der Waals surface area contributed by atoms with E-state index in [1.54, 1.807) is 24.0 Å². The van der Waals surface area contributed by atoms with E-state index in [-0.39, 0.29) is 36.7 Å². The molecule has 2 aromatic carbocycles. The number of rotatable bonds is 15. The van der Waals surface area contributed by atoms with E-state index in [1.807, 2.05) is 13.8 Å². The molecule has 0 aromatic heterocycles. The van der Waals surface area contributed by atoms with E-state index < -0.39 is 35.8 Å². The third-order valence-corrected chi connectivity index (χ3v) is 6.04. The van der Waals surface area contributed by atoms with Gasteiger partial charge in [-0.3, -0.25) is 9.59 Å². The van der Waals surface area contributed by atoms with E-state index in [1.165, 1.54) is 6.07 Å². The number of carbonyl (C=O) groups is 2. The van der Waals surface area contributed by atoms with Crippen molar-refractivity contribution in [3.63, 3.8) is 0 Å². The lowest BCUT2D eigenvalue weighted by molar-refractivity contribution is -0.0498. The van der Waals surface area contributed by atoms with Gasteiger partial charge < -0.3 is 25.2 Å². The van der Waals surface area contributed by atoms with Crippen LogP contribution in [0.2, 0.25) is 0 Å². The quantitative estimate of drug-likeness (QED) is 0.235. The zero-order valence-electron chi connectivity index (χ0n) is 22.8. The molecule has 0 radical (unpaired) electrons. The smallest absolute Gasteiger partial charge is 0.253 e. The maximum atomic E-state index is 13.8. The second kappa shape index (κ2) is 15.9. The number of nitrogens with zero attached hydrogens (tertiary/aromatic N) is 1. The zero-order chi connectivity index (χ0) is 28.9. The second-order valence-corrected chi connectivity index (χ2v) is 9.53. The molecule has 0 unspecified atom stereocenters. The minimum atomic E-state index is -1.54. The lowest BCUT2D eigenvalue weighted by atomic mass is 9.96. The van der Waals surface area contributed by atoms with Crippen molar-refractivity contribution < 1.29 is 33.3 Å². The second-order valence-electron chi connectivity index (χ2n) is 9.53. The van der Waals surface area contributed by atoms with Crippen LogP contribution in [0.3, 0.4) is 0 Å². The average Bonchev–Trinajstić information content (AvgIpc) is 2.88. The summed E-state index contributed by atoms with van der Waals surface area (Å²) in [5.41, 5.74) is 1.39. The van der Waals surface area contributed by atoms with E-state index >= 15 is 0 Å². The fourth-order valence-corrected chi connectivity index (χ4v) is 4.27. The van der Waals surface area contributed by atoms with Crippen LogP contribution in [-0.2, 0) is 11.2 Å². The Morgan fingerprint density at radius 3 is 2.23 bits per heavy atom.